The molecule has 0 saturated heterocycles. The van der Waals surface area contributed by atoms with Gasteiger partial charge in [0.25, 0.3) is 5.91 Å². The van der Waals surface area contributed by atoms with Gasteiger partial charge < -0.3 is 9.88 Å². The zero-order valence-electron chi connectivity index (χ0n) is 11.3. The number of benzene rings is 1. The molecule has 4 heteroatoms. The second-order valence-electron chi connectivity index (χ2n) is 5.12. The molecule has 102 valence electrons. The van der Waals surface area contributed by atoms with Crippen LogP contribution in [0.5, 0.6) is 0 Å². The third-order valence-corrected chi connectivity index (χ3v) is 3.60. The molecule has 20 heavy (non-hydrogen) atoms. The highest BCUT2D eigenvalue weighted by Crippen LogP contribution is 2.28. The fourth-order valence-electron chi connectivity index (χ4n) is 2.65. The summed E-state index contributed by atoms with van der Waals surface area (Å²) in [4.78, 5) is 28.3. The number of aromatic nitrogens is 1. The Labute approximate surface area is 117 Å². The van der Waals surface area contributed by atoms with Crippen LogP contribution in [0.2, 0.25) is 0 Å². The molecule has 1 aromatic carbocycles. The van der Waals surface area contributed by atoms with Gasteiger partial charge in [-0.1, -0.05) is 23.8 Å². The zero-order valence-corrected chi connectivity index (χ0v) is 11.3. The topological polar surface area (TPSA) is 53.2 Å². The summed E-state index contributed by atoms with van der Waals surface area (Å²) in [5, 5.41) is 0. The maximum Gasteiger partial charge on any atom is 0.274 e. The molecule has 0 bridgehead atoms. The van der Waals surface area contributed by atoms with Crippen LogP contribution in [-0.2, 0) is 6.42 Å². The van der Waals surface area contributed by atoms with Crippen LogP contribution in [-0.4, -0.2) is 17.4 Å². The second-order valence-corrected chi connectivity index (χ2v) is 5.12. The number of aryl methyl sites for hydroxylation is 2. The van der Waals surface area contributed by atoms with Crippen molar-refractivity contribution >= 4 is 11.6 Å². The van der Waals surface area contributed by atoms with Crippen molar-refractivity contribution in [1.82, 2.24) is 4.98 Å². The van der Waals surface area contributed by atoms with Gasteiger partial charge in [-0.15, -0.1) is 0 Å². The Morgan fingerprint density at radius 1 is 1.25 bits per heavy atom. The SMILES string of the molecule is Cc1ccc2c(c1)CCCN2C(=O)c1cccc(=O)[nH]1. The number of nitrogens with zero attached hydrogens (tertiary/aromatic N) is 1. The van der Waals surface area contributed by atoms with Crippen molar-refractivity contribution in [2.75, 3.05) is 11.4 Å². The van der Waals surface area contributed by atoms with Gasteiger partial charge in [-0.3, -0.25) is 9.59 Å². The second kappa shape index (κ2) is 4.96. The molecule has 3 rings (SSSR count). The predicted octanol–water partition coefficient (Wildman–Crippen LogP) is 2.28. The molecule has 1 aliphatic rings. The quantitative estimate of drug-likeness (QED) is 0.862. The Balaban J connectivity index is 2.00. The van der Waals surface area contributed by atoms with E-state index in [1.54, 1.807) is 17.0 Å². The molecule has 1 amide bonds. The van der Waals surface area contributed by atoms with E-state index in [-0.39, 0.29) is 11.5 Å². The van der Waals surface area contributed by atoms with Crippen molar-refractivity contribution in [2.24, 2.45) is 0 Å². The smallest absolute Gasteiger partial charge is 0.274 e. The fraction of sp³-hybridized carbons (Fsp3) is 0.250. The molecule has 0 atom stereocenters. The van der Waals surface area contributed by atoms with Crippen molar-refractivity contribution < 1.29 is 4.79 Å². The molecule has 0 spiro atoms. The normalized spacial score (nSPS) is 13.9. The standard InChI is InChI=1S/C16H16N2O2/c1-11-7-8-14-12(10-11)4-3-9-18(14)16(20)13-5-2-6-15(19)17-13/h2,5-8,10H,3-4,9H2,1H3,(H,17,19). The Kier molecular flexibility index (Phi) is 3.14. The Bertz CT molecular complexity index is 718. The van der Waals surface area contributed by atoms with E-state index in [2.05, 4.69) is 18.0 Å². The number of carbonyl (C=O) groups is 1. The molecule has 1 aliphatic heterocycles. The zero-order chi connectivity index (χ0) is 14.1. The number of aromatic amines is 1. The molecule has 0 aliphatic carbocycles. The van der Waals surface area contributed by atoms with Gasteiger partial charge in [0.15, 0.2) is 0 Å². The number of anilines is 1. The van der Waals surface area contributed by atoms with E-state index in [1.165, 1.54) is 17.2 Å². The number of hydrogen-bond donors (Lipinski definition) is 1. The maximum absolute atomic E-state index is 12.6. The lowest BCUT2D eigenvalue weighted by Crippen LogP contribution is -2.36. The van der Waals surface area contributed by atoms with E-state index >= 15 is 0 Å². The minimum Gasteiger partial charge on any atom is -0.318 e. The first kappa shape index (κ1) is 12.7. The molecular formula is C16H16N2O2. The lowest BCUT2D eigenvalue weighted by atomic mass is 9.99. The summed E-state index contributed by atoms with van der Waals surface area (Å²) in [5.74, 6) is -0.146. The first-order chi connectivity index (χ1) is 9.65. The molecule has 2 aromatic rings. The van der Waals surface area contributed by atoms with Crippen LogP contribution >= 0.6 is 0 Å². The lowest BCUT2D eigenvalue weighted by molar-refractivity contribution is 0.0980. The number of hydrogen-bond acceptors (Lipinski definition) is 2. The van der Waals surface area contributed by atoms with E-state index in [9.17, 15) is 9.59 Å². The van der Waals surface area contributed by atoms with Crippen molar-refractivity contribution in [3.05, 3.63) is 63.6 Å². The number of rotatable bonds is 1. The summed E-state index contributed by atoms with van der Waals surface area (Å²) in [6.07, 6.45) is 1.94. The van der Waals surface area contributed by atoms with E-state index in [4.69, 9.17) is 0 Å². The van der Waals surface area contributed by atoms with Crippen LogP contribution < -0.4 is 10.5 Å². The van der Waals surface area contributed by atoms with Crippen LogP contribution in [0.15, 0.2) is 41.2 Å². The molecule has 1 N–H and O–H groups in total. The largest absolute Gasteiger partial charge is 0.318 e. The van der Waals surface area contributed by atoms with E-state index in [1.807, 2.05) is 12.1 Å². The van der Waals surface area contributed by atoms with Crippen LogP contribution in [0, 0.1) is 6.92 Å². The third-order valence-electron chi connectivity index (χ3n) is 3.60. The van der Waals surface area contributed by atoms with Crippen molar-refractivity contribution in [3.63, 3.8) is 0 Å². The minimum absolute atomic E-state index is 0.146. The molecule has 1 aromatic heterocycles. The van der Waals surface area contributed by atoms with Gasteiger partial charge in [0.05, 0.1) is 0 Å². The molecule has 0 fully saturated rings. The van der Waals surface area contributed by atoms with Crippen LogP contribution in [0.4, 0.5) is 5.69 Å². The van der Waals surface area contributed by atoms with Crippen LogP contribution in [0.25, 0.3) is 0 Å². The van der Waals surface area contributed by atoms with Gasteiger partial charge in [-0.05, 0) is 37.5 Å². The third kappa shape index (κ3) is 2.25. The van der Waals surface area contributed by atoms with E-state index in [0.29, 0.717) is 12.2 Å². The van der Waals surface area contributed by atoms with Crippen LogP contribution in [0.1, 0.15) is 28.0 Å². The van der Waals surface area contributed by atoms with Gasteiger partial charge in [0.2, 0.25) is 5.56 Å². The first-order valence-corrected chi connectivity index (χ1v) is 6.76. The summed E-state index contributed by atoms with van der Waals surface area (Å²) < 4.78 is 0. The van der Waals surface area contributed by atoms with Crippen molar-refractivity contribution in [3.8, 4) is 0 Å². The van der Waals surface area contributed by atoms with Crippen LogP contribution in [0.3, 0.4) is 0 Å². The van der Waals surface area contributed by atoms with Crippen molar-refractivity contribution in [1.29, 1.82) is 0 Å². The Hall–Kier alpha value is -2.36. The number of H-pyrrole nitrogens is 1. The van der Waals surface area contributed by atoms with Gasteiger partial charge in [0.1, 0.15) is 5.69 Å². The lowest BCUT2D eigenvalue weighted by Gasteiger charge is -2.29. The monoisotopic (exact) mass is 268 g/mol. The average molecular weight is 268 g/mol. The molecule has 0 saturated carbocycles. The summed E-state index contributed by atoms with van der Waals surface area (Å²) in [7, 11) is 0. The molecule has 2 heterocycles. The Morgan fingerprint density at radius 3 is 2.90 bits per heavy atom. The Morgan fingerprint density at radius 2 is 2.10 bits per heavy atom. The highest BCUT2D eigenvalue weighted by Gasteiger charge is 2.23. The van der Waals surface area contributed by atoms with E-state index in [0.717, 1.165) is 18.5 Å². The number of nitrogens with one attached hydrogen (secondary N) is 1. The first-order valence-electron chi connectivity index (χ1n) is 6.76. The fourth-order valence-corrected chi connectivity index (χ4v) is 2.65. The summed E-state index contributed by atoms with van der Waals surface area (Å²) in [5.41, 5.74) is 3.44. The average Bonchev–Trinajstić information content (AvgIpc) is 2.45. The van der Waals surface area contributed by atoms with E-state index < -0.39 is 0 Å². The van der Waals surface area contributed by atoms with Gasteiger partial charge in [-0.25, -0.2) is 0 Å². The molecular weight excluding hydrogens is 252 g/mol. The maximum atomic E-state index is 12.6. The van der Waals surface area contributed by atoms with Gasteiger partial charge in [0, 0.05) is 18.3 Å². The minimum atomic E-state index is -0.253. The number of amides is 1. The molecule has 0 radical (unpaired) electrons. The summed E-state index contributed by atoms with van der Waals surface area (Å²) >= 11 is 0. The predicted molar refractivity (Wildman–Crippen MR) is 78.2 cm³/mol. The number of fused-ring (bicyclic) bond motifs is 1. The number of pyridine rings is 1. The highest BCUT2D eigenvalue weighted by atomic mass is 16.2. The molecule has 0 unspecified atom stereocenters. The highest BCUT2D eigenvalue weighted by molar-refractivity contribution is 6.05. The van der Waals surface area contributed by atoms with Gasteiger partial charge >= 0.3 is 0 Å². The summed E-state index contributed by atoms with van der Waals surface area (Å²) in [6, 6.07) is 10.8. The number of carbonyl (C=O) groups excluding carboxylic acids is 1. The summed E-state index contributed by atoms with van der Waals surface area (Å²) in [6.45, 7) is 2.74. The molecule has 4 nitrogen and oxygen atoms in total. The van der Waals surface area contributed by atoms with Crippen molar-refractivity contribution in [2.45, 2.75) is 19.8 Å². The van der Waals surface area contributed by atoms with Gasteiger partial charge in [-0.2, -0.15) is 0 Å².